The first-order chi connectivity index (χ1) is 14.8. The average Bonchev–Trinajstić information content (AvgIpc) is 3.11. The smallest absolute Gasteiger partial charge is 0.123 e. The number of rotatable bonds is 6. The van der Waals surface area contributed by atoms with Crippen LogP contribution in [-0.2, 0) is 16.7 Å². The van der Waals surface area contributed by atoms with Crippen molar-refractivity contribution in [3.05, 3.63) is 59.4 Å². The average molecular weight is 459 g/mol. The van der Waals surface area contributed by atoms with Crippen molar-refractivity contribution in [1.29, 1.82) is 0 Å². The maximum Gasteiger partial charge on any atom is 0.123 e. The first kappa shape index (κ1) is 24.6. The van der Waals surface area contributed by atoms with Crippen molar-refractivity contribution >= 4 is 23.4 Å². The lowest BCUT2D eigenvalue weighted by Crippen LogP contribution is -2.27. The molecule has 174 valence electrons. The van der Waals surface area contributed by atoms with Gasteiger partial charge in [-0.15, -0.1) is 12.4 Å². The van der Waals surface area contributed by atoms with Crippen molar-refractivity contribution in [2.75, 3.05) is 19.8 Å². The SMILES string of the molecule is Cc1ccc(OCC(O)Cn2c(C3CCOCC3)nc3ccccc32)c(C(C)(C)C)c1.Cl. The highest BCUT2D eigenvalue weighted by atomic mass is 35.5. The van der Waals surface area contributed by atoms with Crippen molar-refractivity contribution in [2.45, 2.75) is 64.5 Å². The number of hydrogen-bond acceptors (Lipinski definition) is 4. The number of fused-ring (bicyclic) bond motifs is 1. The summed E-state index contributed by atoms with van der Waals surface area (Å²) in [5.41, 5.74) is 4.39. The number of aromatic nitrogens is 2. The second-order valence-corrected chi connectivity index (χ2v) is 9.67. The third kappa shape index (κ3) is 5.45. The van der Waals surface area contributed by atoms with Crippen molar-refractivity contribution in [2.24, 2.45) is 0 Å². The largest absolute Gasteiger partial charge is 0.491 e. The molecular formula is C26H35ClN2O3. The highest BCUT2D eigenvalue weighted by Crippen LogP contribution is 2.33. The minimum Gasteiger partial charge on any atom is -0.491 e. The standard InChI is InChI=1S/C26H34N2O3.ClH/c1-18-9-10-24(21(15-18)26(2,3)4)31-17-20(29)16-28-23-8-6-5-7-22(23)27-25(28)19-11-13-30-14-12-19;/h5-10,15,19-20,29H,11-14,16-17H2,1-4H3;1H. The van der Waals surface area contributed by atoms with Gasteiger partial charge in [0.25, 0.3) is 0 Å². The van der Waals surface area contributed by atoms with Gasteiger partial charge in [0.05, 0.1) is 17.6 Å². The number of aryl methyl sites for hydroxylation is 1. The molecule has 1 aliphatic rings. The summed E-state index contributed by atoms with van der Waals surface area (Å²) in [4.78, 5) is 4.92. The number of halogens is 1. The van der Waals surface area contributed by atoms with Crippen LogP contribution in [0, 0.1) is 6.92 Å². The molecule has 4 rings (SSSR count). The Hall–Kier alpha value is -2.08. The number of aliphatic hydroxyl groups excluding tert-OH is 1. The van der Waals surface area contributed by atoms with E-state index >= 15 is 0 Å². The molecule has 32 heavy (non-hydrogen) atoms. The van der Waals surface area contributed by atoms with Gasteiger partial charge in [-0.2, -0.15) is 0 Å². The van der Waals surface area contributed by atoms with E-state index in [-0.39, 0.29) is 24.4 Å². The Balaban J connectivity index is 0.00000289. The highest BCUT2D eigenvalue weighted by molar-refractivity contribution is 5.85. The number of benzene rings is 2. The fourth-order valence-corrected chi connectivity index (χ4v) is 4.36. The Morgan fingerprint density at radius 2 is 1.88 bits per heavy atom. The molecule has 2 aromatic carbocycles. The van der Waals surface area contributed by atoms with Gasteiger partial charge in [0.2, 0.25) is 0 Å². The van der Waals surface area contributed by atoms with Crippen LogP contribution >= 0.6 is 12.4 Å². The fourth-order valence-electron chi connectivity index (χ4n) is 4.36. The normalized spacial score (nSPS) is 16.0. The number of nitrogens with zero attached hydrogens (tertiary/aromatic N) is 2. The Morgan fingerprint density at radius 1 is 1.16 bits per heavy atom. The zero-order valence-corrected chi connectivity index (χ0v) is 20.3. The molecule has 1 atom stereocenters. The van der Waals surface area contributed by atoms with Gasteiger partial charge in [-0.1, -0.05) is 50.6 Å². The van der Waals surface area contributed by atoms with Gasteiger partial charge in [0.15, 0.2) is 0 Å². The minimum atomic E-state index is -0.634. The van der Waals surface area contributed by atoms with Crippen LogP contribution in [0.3, 0.4) is 0 Å². The van der Waals surface area contributed by atoms with E-state index in [4.69, 9.17) is 14.5 Å². The second-order valence-electron chi connectivity index (χ2n) is 9.67. The molecule has 1 aromatic heterocycles. The molecule has 1 N–H and O–H groups in total. The quantitative estimate of drug-likeness (QED) is 0.537. The lowest BCUT2D eigenvalue weighted by atomic mass is 9.85. The summed E-state index contributed by atoms with van der Waals surface area (Å²) in [6, 6.07) is 14.4. The number of aliphatic hydroxyl groups is 1. The predicted octanol–water partition coefficient (Wildman–Crippen LogP) is 5.40. The van der Waals surface area contributed by atoms with Crippen molar-refractivity contribution < 1.29 is 14.6 Å². The molecule has 0 spiro atoms. The molecule has 0 radical (unpaired) electrons. The highest BCUT2D eigenvalue weighted by Gasteiger charge is 2.24. The van der Waals surface area contributed by atoms with E-state index in [2.05, 4.69) is 50.5 Å². The van der Waals surface area contributed by atoms with Crippen LogP contribution < -0.4 is 4.74 Å². The number of para-hydroxylation sites is 2. The number of imidazole rings is 1. The summed E-state index contributed by atoms with van der Waals surface area (Å²) in [5, 5.41) is 10.9. The molecule has 3 aromatic rings. The lowest BCUT2D eigenvalue weighted by molar-refractivity contribution is 0.0778. The summed E-state index contributed by atoms with van der Waals surface area (Å²) >= 11 is 0. The van der Waals surface area contributed by atoms with Gasteiger partial charge < -0.3 is 19.1 Å². The molecule has 0 aliphatic carbocycles. The third-order valence-electron chi connectivity index (χ3n) is 6.04. The Kier molecular flexibility index (Phi) is 7.86. The summed E-state index contributed by atoms with van der Waals surface area (Å²) < 4.78 is 13.8. The monoisotopic (exact) mass is 458 g/mol. The molecule has 0 bridgehead atoms. The maximum absolute atomic E-state index is 10.9. The van der Waals surface area contributed by atoms with Crippen LogP contribution in [0.25, 0.3) is 11.0 Å². The first-order valence-corrected chi connectivity index (χ1v) is 11.3. The van der Waals surface area contributed by atoms with Crippen molar-refractivity contribution in [3.8, 4) is 5.75 Å². The molecule has 1 aliphatic heterocycles. The summed E-state index contributed by atoms with van der Waals surface area (Å²) in [6.07, 6.45) is 1.30. The number of hydrogen-bond donors (Lipinski definition) is 1. The molecule has 2 heterocycles. The maximum atomic E-state index is 10.9. The molecule has 0 amide bonds. The summed E-state index contributed by atoms with van der Waals surface area (Å²) in [6.45, 7) is 10.9. The lowest BCUT2D eigenvalue weighted by Gasteiger charge is -2.25. The van der Waals surface area contributed by atoms with Crippen LogP contribution in [0.2, 0.25) is 0 Å². The van der Waals surface area contributed by atoms with Crippen LogP contribution in [0.15, 0.2) is 42.5 Å². The molecule has 1 saturated heterocycles. The Labute approximate surface area is 197 Å². The van der Waals surface area contributed by atoms with Crippen molar-refractivity contribution in [3.63, 3.8) is 0 Å². The van der Waals surface area contributed by atoms with Gasteiger partial charge >= 0.3 is 0 Å². The molecule has 1 unspecified atom stereocenters. The van der Waals surface area contributed by atoms with Crippen LogP contribution in [0.1, 0.15) is 56.5 Å². The van der Waals surface area contributed by atoms with E-state index in [1.54, 1.807) is 0 Å². The van der Waals surface area contributed by atoms with Crippen LogP contribution in [-0.4, -0.2) is 40.6 Å². The second kappa shape index (κ2) is 10.2. The Morgan fingerprint density at radius 3 is 2.59 bits per heavy atom. The van der Waals surface area contributed by atoms with Gasteiger partial charge in [0.1, 0.15) is 24.3 Å². The predicted molar refractivity (Wildman–Crippen MR) is 131 cm³/mol. The topological polar surface area (TPSA) is 56.5 Å². The van der Waals surface area contributed by atoms with Gasteiger partial charge in [-0.3, -0.25) is 0 Å². The van der Waals surface area contributed by atoms with Crippen molar-refractivity contribution in [1.82, 2.24) is 9.55 Å². The van der Waals surface area contributed by atoms with Gasteiger partial charge in [0, 0.05) is 19.1 Å². The molecule has 6 heteroatoms. The van der Waals surface area contributed by atoms with Crippen LogP contribution in [0.4, 0.5) is 0 Å². The van der Waals surface area contributed by atoms with Gasteiger partial charge in [-0.05, 0) is 48.9 Å². The molecule has 1 fully saturated rings. The summed E-state index contributed by atoms with van der Waals surface area (Å²) in [7, 11) is 0. The van der Waals surface area contributed by atoms with E-state index in [0.29, 0.717) is 12.5 Å². The van der Waals surface area contributed by atoms with E-state index in [1.165, 1.54) is 5.56 Å². The van der Waals surface area contributed by atoms with E-state index in [1.807, 2.05) is 24.3 Å². The summed E-state index contributed by atoms with van der Waals surface area (Å²) in [5.74, 6) is 2.26. The van der Waals surface area contributed by atoms with E-state index < -0.39 is 6.10 Å². The third-order valence-corrected chi connectivity index (χ3v) is 6.04. The molecular weight excluding hydrogens is 424 g/mol. The molecule has 5 nitrogen and oxygen atoms in total. The van der Waals surface area contributed by atoms with E-state index in [0.717, 1.165) is 54.2 Å². The van der Waals surface area contributed by atoms with Gasteiger partial charge in [-0.25, -0.2) is 4.98 Å². The fraction of sp³-hybridized carbons (Fsp3) is 0.500. The Bertz CT molecular complexity index is 1040. The van der Waals surface area contributed by atoms with Crippen LogP contribution in [0.5, 0.6) is 5.75 Å². The zero-order valence-electron chi connectivity index (χ0n) is 19.5. The number of ether oxygens (including phenoxy) is 2. The van der Waals surface area contributed by atoms with E-state index in [9.17, 15) is 5.11 Å². The molecule has 0 saturated carbocycles. The minimum absolute atomic E-state index is 0. The first-order valence-electron chi connectivity index (χ1n) is 11.3. The zero-order chi connectivity index (χ0) is 22.0.